The fraction of sp³-hybridized carbons (Fsp3) is 0.286. The molecule has 0 radical (unpaired) electrons. The van der Waals surface area contributed by atoms with Gasteiger partial charge in [-0.1, -0.05) is 30.7 Å². The van der Waals surface area contributed by atoms with Crippen LogP contribution in [-0.4, -0.2) is 9.97 Å². The molecule has 0 fully saturated rings. The van der Waals surface area contributed by atoms with Crippen LogP contribution in [0.3, 0.4) is 0 Å². The Bertz CT molecular complexity index is 587. The molecule has 1 aromatic carbocycles. The molecule has 0 aliphatic carbocycles. The van der Waals surface area contributed by atoms with Crippen molar-refractivity contribution in [3.05, 3.63) is 45.3 Å². The van der Waals surface area contributed by atoms with Gasteiger partial charge < -0.3 is 5.32 Å². The number of hydrogen-bond donors (Lipinski definition) is 1. The van der Waals surface area contributed by atoms with E-state index in [0.717, 1.165) is 40.2 Å². The molecule has 19 heavy (non-hydrogen) atoms. The Labute approximate surface area is 126 Å². The van der Waals surface area contributed by atoms with Gasteiger partial charge in [0.15, 0.2) is 0 Å². The molecule has 0 spiro atoms. The molecule has 1 N–H and O–H groups in total. The molecule has 100 valence electrons. The van der Waals surface area contributed by atoms with E-state index in [4.69, 9.17) is 11.6 Å². The molecule has 1 aromatic heterocycles. The molecule has 2 aromatic rings. The van der Waals surface area contributed by atoms with Crippen molar-refractivity contribution in [1.29, 1.82) is 0 Å². The lowest BCUT2D eigenvalue weighted by Gasteiger charge is -2.12. The van der Waals surface area contributed by atoms with Gasteiger partial charge >= 0.3 is 0 Å². The van der Waals surface area contributed by atoms with Gasteiger partial charge in [0.1, 0.15) is 16.8 Å². The summed E-state index contributed by atoms with van der Waals surface area (Å²) in [5, 5.41) is 3.81. The van der Waals surface area contributed by atoms with E-state index in [1.165, 1.54) is 0 Å². The van der Waals surface area contributed by atoms with Crippen LogP contribution >= 0.6 is 27.5 Å². The standard InChI is InChI=1S/C14H15BrClN3/c1-3-6-12-18-13(16)9(2)14(19-12)17-11-8-5-4-7-10(11)15/h4-5,7-8H,3,6H2,1-2H3,(H,17,18,19). The van der Waals surface area contributed by atoms with Gasteiger partial charge in [0, 0.05) is 16.5 Å². The maximum Gasteiger partial charge on any atom is 0.138 e. The van der Waals surface area contributed by atoms with E-state index < -0.39 is 0 Å². The molecular weight excluding hydrogens is 326 g/mol. The summed E-state index contributed by atoms with van der Waals surface area (Å²) >= 11 is 9.67. The SMILES string of the molecule is CCCc1nc(Cl)c(C)c(Nc2ccccc2Br)n1. The van der Waals surface area contributed by atoms with Gasteiger partial charge in [-0.05, 0) is 41.4 Å². The van der Waals surface area contributed by atoms with Gasteiger partial charge in [0.25, 0.3) is 0 Å². The number of anilines is 2. The Morgan fingerprint density at radius 2 is 2.00 bits per heavy atom. The first-order valence-electron chi connectivity index (χ1n) is 6.16. The van der Waals surface area contributed by atoms with Crippen LogP contribution in [0.2, 0.25) is 5.15 Å². The average Bonchev–Trinajstić information content (AvgIpc) is 2.38. The number of halogens is 2. The number of nitrogens with zero attached hydrogens (tertiary/aromatic N) is 2. The molecule has 3 nitrogen and oxygen atoms in total. The number of para-hydroxylation sites is 1. The smallest absolute Gasteiger partial charge is 0.138 e. The second-order valence-electron chi connectivity index (χ2n) is 4.26. The number of aromatic nitrogens is 2. The van der Waals surface area contributed by atoms with E-state index in [1.807, 2.05) is 31.2 Å². The second kappa shape index (κ2) is 6.35. The van der Waals surface area contributed by atoms with E-state index in [2.05, 4.69) is 38.1 Å². The van der Waals surface area contributed by atoms with Crippen molar-refractivity contribution < 1.29 is 0 Å². The largest absolute Gasteiger partial charge is 0.339 e. The second-order valence-corrected chi connectivity index (χ2v) is 5.47. The highest BCUT2D eigenvalue weighted by atomic mass is 79.9. The van der Waals surface area contributed by atoms with Crippen LogP contribution in [0.15, 0.2) is 28.7 Å². The normalized spacial score (nSPS) is 10.5. The third-order valence-corrected chi connectivity index (χ3v) is 3.79. The number of benzene rings is 1. The molecule has 0 unspecified atom stereocenters. The predicted molar refractivity (Wildman–Crippen MR) is 83.2 cm³/mol. The summed E-state index contributed by atoms with van der Waals surface area (Å²) < 4.78 is 0.987. The lowest BCUT2D eigenvalue weighted by molar-refractivity contribution is 0.833. The zero-order valence-corrected chi connectivity index (χ0v) is 13.2. The maximum absolute atomic E-state index is 6.16. The van der Waals surface area contributed by atoms with Crippen LogP contribution in [0, 0.1) is 6.92 Å². The van der Waals surface area contributed by atoms with E-state index in [9.17, 15) is 0 Å². The molecule has 0 aliphatic heterocycles. The molecular formula is C14H15BrClN3. The van der Waals surface area contributed by atoms with Crippen LogP contribution in [0.4, 0.5) is 11.5 Å². The minimum absolute atomic E-state index is 0.507. The molecule has 1 heterocycles. The Morgan fingerprint density at radius 3 is 2.68 bits per heavy atom. The summed E-state index contributed by atoms with van der Waals surface area (Å²) in [4.78, 5) is 8.82. The van der Waals surface area contributed by atoms with Crippen LogP contribution in [-0.2, 0) is 6.42 Å². The van der Waals surface area contributed by atoms with Crippen molar-refractivity contribution in [3.8, 4) is 0 Å². The molecule has 0 aliphatic rings. The highest BCUT2D eigenvalue weighted by Crippen LogP contribution is 2.28. The van der Waals surface area contributed by atoms with Crippen molar-refractivity contribution in [2.24, 2.45) is 0 Å². The van der Waals surface area contributed by atoms with E-state index in [0.29, 0.717) is 5.15 Å². The van der Waals surface area contributed by atoms with Gasteiger partial charge in [-0.15, -0.1) is 0 Å². The predicted octanol–water partition coefficient (Wildman–Crippen LogP) is 4.90. The summed E-state index contributed by atoms with van der Waals surface area (Å²) in [5.41, 5.74) is 1.82. The Morgan fingerprint density at radius 1 is 1.26 bits per heavy atom. The third-order valence-electron chi connectivity index (χ3n) is 2.73. The molecule has 0 saturated carbocycles. The average molecular weight is 341 g/mol. The fourth-order valence-corrected chi connectivity index (χ4v) is 2.25. The molecule has 0 amide bonds. The minimum atomic E-state index is 0.507. The summed E-state index contributed by atoms with van der Waals surface area (Å²) in [6, 6.07) is 7.90. The number of nitrogens with one attached hydrogen (secondary N) is 1. The summed E-state index contributed by atoms with van der Waals surface area (Å²) in [6.45, 7) is 4.01. The Hall–Kier alpha value is -1.13. The highest BCUT2D eigenvalue weighted by Gasteiger charge is 2.10. The van der Waals surface area contributed by atoms with Gasteiger partial charge in [0.05, 0.1) is 5.69 Å². The Balaban J connectivity index is 2.36. The number of rotatable bonds is 4. The van der Waals surface area contributed by atoms with Crippen molar-refractivity contribution in [2.75, 3.05) is 5.32 Å². The first-order valence-corrected chi connectivity index (χ1v) is 7.33. The van der Waals surface area contributed by atoms with Gasteiger partial charge in [0.2, 0.25) is 0 Å². The van der Waals surface area contributed by atoms with Crippen molar-refractivity contribution in [1.82, 2.24) is 9.97 Å². The zero-order valence-electron chi connectivity index (χ0n) is 10.9. The first-order chi connectivity index (χ1) is 9.11. The molecule has 0 bridgehead atoms. The highest BCUT2D eigenvalue weighted by molar-refractivity contribution is 9.10. The van der Waals surface area contributed by atoms with E-state index >= 15 is 0 Å². The monoisotopic (exact) mass is 339 g/mol. The van der Waals surface area contributed by atoms with E-state index in [-0.39, 0.29) is 0 Å². The number of aryl methyl sites for hydroxylation is 1. The summed E-state index contributed by atoms with van der Waals surface area (Å²) in [6.07, 6.45) is 1.82. The van der Waals surface area contributed by atoms with Crippen LogP contribution in [0.5, 0.6) is 0 Å². The van der Waals surface area contributed by atoms with Gasteiger partial charge in [-0.2, -0.15) is 0 Å². The molecule has 0 atom stereocenters. The first kappa shape index (κ1) is 14.3. The molecule has 2 rings (SSSR count). The van der Waals surface area contributed by atoms with Crippen LogP contribution < -0.4 is 5.32 Å². The zero-order chi connectivity index (χ0) is 13.8. The molecule has 5 heteroatoms. The van der Waals surface area contributed by atoms with Crippen molar-refractivity contribution >= 4 is 39.0 Å². The molecule has 0 saturated heterocycles. The van der Waals surface area contributed by atoms with Crippen LogP contribution in [0.25, 0.3) is 0 Å². The fourth-order valence-electron chi connectivity index (χ4n) is 1.68. The summed E-state index contributed by atoms with van der Waals surface area (Å²) in [7, 11) is 0. The maximum atomic E-state index is 6.16. The van der Waals surface area contributed by atoms with Crippen molar-refractivity contribution in [2.45, 2.75) is 26.7 Å². The van der Waals surface area contributed by atoms with Crippen LogP contribution in [0.1, 0.15) is 24.7 Å². The van der Waals surface area contributed by atoms with E-state index in [1.54, 1.807) is 0 Å². The van der Waals surface area contributed by atoms with Gasteiger partial charge in [-0.3, -0.25) is 0 Å². The van der Waals surface area contributed by atoms with Gasteiger partial charge in [-0.25, -0.2) is 9.97 Å². The Kier molecular flexibility index (Phi) is 4.77. The lowest BCUT2D eigenvalue weighted by atomic mass is 10.2. The summed E-state index contributed by atoms with van der Waals surface area (Å²) in [5.74, 6) is 1.53. The lowest BCUT2D eigenvalue weighted by Crippen LogP contribution is -2.04. The number of hydrogen-bond acceptors (Lipinski definition) is 3. The third kappa shape index (κ3) is 3.45. The quantitative estimate of drug-likeness (QED) is 0.805. The minimum Gasteiger partial charge on any atom is -0.339 e. The van der Waals surface area contributed by atoms with Crippen molar-refractivity contribution in [3.63, 3.8) is 0 Å². The topological polar surface area (TPSA) is 37.8 Å².